The predicted molar refractivity (Wildman–Crippen MR) is 65.8 cm³/mol. The topological polar surface area (TPSA) is 49.3 Å². The van der Waals surface area contributed by atoms with Gasteiger partial charge < -0.3 is 10.4 Å². The molecule has 2 N–H and O–H groups in total. The van der Waals surface area contributed by atoms with Gasteiger partial charge in [0, 0.05) is 12.1 Å². The third-order valence-corrected chi connectivity index (χ3v) is 5.23. The summed E-state index contributed by atoms with van der Waals surface area (Å²) in [4.78, 5) is 11.4. The molecule has 3 aliphatic carbocycles. The summed E-state index contributed by atoms with van der Waals surface area (Å²) in [5.74, 6) is 0.433. The highest BCUT2D eigenvalue weighted by Gasteiger charge is 2.51. The molecule has 4 atom stereocenters. The number of rotatable bonds is 3. The predicted octanol–water partition coefficient (Wildman–Crippen LogP) is 2.41. The van der Waals surface area contributed by atoms with Crippen molar-refractivity contribution in [3.8, 4) is 0 Å². The Bertz CT molecular complexity index is 299. The van der Waals surface area contributed by atoms with Crippen LogP contribution >= 0.6 is 0 Å². The van der Waals surface area contributed by atoms with Crippen LogP contribution in [0.5, 0.6) is 0 Å². The first-order chi connectivity index (χ1) is 8.25. The number of fused-ring (bicyclic) bond motifs is 2. The van der Waals surface area contributed by atoms with Gasteiger partial charge in [-0.2, -0.15) is 0 Å². The third-order valence-electron chi connectivity index (χ3n) is 5.23. The Morgan fingerprint density at radius 1 is 1.00 bits per heavy atom. The van der Waals surface area contributed by atoms with Gasteiger partial charge in [-0.1, -0.05) is 19.3 Å². The van der Waals surface area contributed by atoms with Gasteiger partial charge in [0.15, 0.2) is 0 Å². The highest BCUT2D eigenvalue weighted by Crippen LogP contribution is 2.49. The molecule has 3 fully saturated rings. The lowest BCUT2D eigenvalue weighted by Crippen LogP contribution is -2.49. The molecule has 0 saturated heterocycles. The first-order valence-electron chi connectivity index (χ1n) is 7.24. The highest BCUT2D eigenvalue weighted by molar-refractivity contribution is 5.72. The third kappa shape index (κ3) is 2.10. The molecule has 0 aromatic heterocycles. The number of hydrogen-bond donors (Lipinski definition) is 2. The summed E-state index contributed by atoms with van der Waals surface area (Å²) in [6, 6.07) is 0.865. The first kappa shape index (κ1) is 11.5. The van der Waals surface area contributed by atoms with Crippen LogP contribution in [0.25, 0.3) is 0 Å². The zero-order chi connectivity index (χ0) is 11.8. The monoisotopic (exact) mass is 237 g/mol. The molecule has 0 radical (unpaired) electrons. The lowest BCUT2D eigenvalue weighted by atomic mass is 9.83. The Kier molecular flexibility index (Phi) is 3.12. The molecule has 3 nitrogen and oxygen atoms in total. The second-order valence-electron chi connectivity index (χ2n) is 6.22. The minimum absolute atomic E-state index is 0.101. The van der Waals surface area contributed by atoms with Crippen molar-refractivity contribution >= 4 is 5.97 Å². The number of carbonyl (C=O) groups is 1. The molecule has 3 heteroatoms. The molecule has 0 aromatic carbocycles. The summed E-state index contributed by atoms with van der Waals surface area (Å²) in [7, 11) is 0. The second kappa shape index (κ2) is 4.60. The van der Waals surface area contributed by atoms with Crippen LogP contribution < -0.4 is 5.32 Å². The quantitative estimate of drug-likeness (QED) is 0.792. The summed E-state index contributed by atoms with van der Waals surface area (Å²) in [6.45, 7) is 0. The molecular formula is C14H23NO2. The van der Waals surface area contributed by atoms with Gasteiger partial charge in [-0.05, 0) is 43.9 Å². The maximum absolute atomic E-state index is 11.4. The molecule has 0 spiro atoms. The van der Waals surface area contributed by atoms with E-state index in [0.717, 1.165) is 12.8 Å². The van der Waals surface area contributed by atoms with Gasteiger partial charge in [0.2, 0.25) is 0 Å². The number of nitrogens with one attached hydrogen (secondary N) is 1. The summed E-state index contributed by atoms with van der Waals surface area (Å²) >= 11 is 0. The van der Waals surface area contributed by atoms with E-state index in [1.54, 1.807) is 0 Å². The van der Waals surface area contributed by atoms with Crippen molar-refractivity contribution in [3.63, 3.8) is 0 Å². The van der Waals surface area contributed by atoms with Gasteiger partial charge >= 0.3 is 5.97 Å². The minimum Gasteiger partial charge on any atom is -0.481 e. The molecule has 0 aliphatic heterocycles. The lowest BCUT2D eigenvalue weighted by molar-refractivity contribution is -0.144. The van der Waals surface area contributed by atoms with E-state index in [9.17, 15) is 9.90 Å². The van der Waals surface area contributed by atoms with E-state index < -0.39 is 5.97 Å². The molecule has 0 aromatic rings. The van der Waals surface area contributed by atoms with Gasteiger partial charge in [-0.15, -0.1) is 0 Å². The van der Waals surface area contributed by atoms with E-state index in [-0.39, 0.29) is 12.0 Å². The van der Waals surface area contributed by atoms with E-state index in [4.69, 9.17) is 0 Å². The zero-order valence-electron chi connectivity index (χ0n) is 10.4. The van der Waals surface area contributed by atoms with Crippen LogP contribution in [0.2, 0.25) is 0 Å². The number of carboxylic acids is 1. The molecule has 0 amide bonds. The van der Waals surface area contributed by atoms with E-state index in [1.807, 2.05) is 0 Å². The normalized spacial score (nSPS) is 41.9. The SMILES string of the molecule is O=C(O)C1C2CCC(C2)C1NC1CCCCC1. The molecule has 3 rings (SSSR count). The fraction of sp³-hybridized carbons (Fsp3) is 0.929. The standard InChI is InChI=1S/C14H23NO2/c16-14(17)12-9-6-7-10(8-9)13(12)15-11-4-2-1-3-5-11/h9-13,15H,1-8H2,(H,16,17). The molecule has 17 heavy (non-hydrogen) atoms. The molecule has 96 valence electrons. The number of carboxylic acid groups (broad SMARTS) is 1. The van der Waals surface area contributed by atoms with Gasteiger partial charge in [0.05, 0.1) is 5.92 Å². The molecule has 0 heterocycles. The van der Waals surface area contributed by atoms with E-state index >= 15 is 0 Å². The Balaban J connectivity index is 1.66. The van der Waals surface area contributed by atoms with E-state index in [2.05, 4.69) is 5.32 Å². The Morgan fingerprint density at radius 2 is 1.71 bits per heavy atom. The Labute approximate surface area is 103 Å². The molecule has 3 saturated carbocycles. The van der Waals surface area contributed by atoms with Crippen LogP contribution in [0, 0.1) is 17.8 Å². The summed E-state index contributed by atoms with van der Waals surface area (Å²) < 4.78 is 0. The van der Waals surface area contributed by atoms with Crippen molar-refractivity contribution in [1.82, 2.24) is 5.32 Å². The second-order valence-corrected chi connectivity index (χ2v) is 6.22. The maximum Gasteiger partial charge on any atom is 0.308 e. The van der Waals surface area contributed by atoms with E-state index in [0.29, 0.717) is 17.9 Å². The van der Waals surface area contributed by atoms with Crippen molar-refractivity contribution in [2.45, 2.75) is 63.5 Å². The largest absolute Gasteiger partial charge is 0.481 e. The average Bonchev–Trinajstić information content (AvgIpc) is 2.90. The van der Waals surface area contributed by atoms with Crippen LogP contribution in [0.15, 0.2) is 0 Å². The van der Waals surface area contributed by atoms with Gasteiger partial charge in [-0.25, -0.2) is 0 Å². The van der Waals surface area contributed by atoms with Gasteiger partial charge in [0.1, 0.15) is 0 Å². The summed E-state index contributed by atoms with van der Waals surface area (Å²) in [6.07, 6.45) is 10.0. The van der Waals surface area contributed by atoms with Crippen molar-refractivity contribution in [2.24, 2.45) is 17.8 Å². The minimum atomic E-state index is -0.564. The highest BCUT2D eigenvalue weighted by atomic mass is 16.4. The average molecular weight is 237 g/mol. The van der Waals surface area contributed by atoms with Crippen molar-refractivity contribution in [1.29, 1.82) is 0 Å². The molecule has 4 unspecified atom stereocenters. The maximum atomic E-state index is 11.4. The molecular weight excluding hydrogens is 214 g/mol. The molecule has 2 bridgehead atoms. The van der Waals surface area contributed by atoms with E-state index in [1.165, 1.54) is 38.5 Å². The van der Waals surface area contributed by atoms with Crippen LogP contribution in [0.4, 0.5) is 0 Å². The van der Waals surface area contributed by atoms with Crippen molar-refractivity contribution in [3.05, 3.63) is 0 Å². The fourth-order valence-corrected chi connectivity index (χ4v) is 4.43. The first-order valence-corrected chi connectivity index (χ1v) is 7.24. The van der Waals surface area contributed by atoms with Crippen LogP contribution in [0.1, 0.15) is 51.4 Å². The summed E-state index contributed by atoms with van der Waals surface area (Å²) in [5, 5.41) is 13.1. The zero-order valence-corrected chi connectivity index (χ0v) is 10.4. The summed E-state index contributed by atoms with van der Waals surface area (Å²) in [5.41, 5.74) is 0. The van der Waals surface area contributed by atoms with Gasteiger partial charge in [-0.3, -0.25) is 4.79 Å². The van der Waals surface area contributed by atoms with Gasteiger partial charge in [0.25, 0.3) is 0 Å². The Hall–Kier alpha value is -0.570. The number of aliphatic carboxylic acids is 1. The lowest BCUT2D eigenvalue weighted by Gasteiger charge is -2.34. The van der Waals surface area contributed by atoms with Crippen LogP contribution in [-0.2, 0) is 4.79 Å². The fourth-order valence-electron chi connectivity index (χ4n) is 4.43. The van der Waals surface area contributed by atoms with Crippen molar-refractivity contribution < 1.29 is 9.90 Å². The van der Waals surface area contributed by atoms with Crippen molar-refractivity contribution in [2.75, 3.05) is 0 Å². The number of hydrogen-bond acceptors (Lipinski definition) is 2. The molecule has 3 aliphatic rings. The van der Waals surface area contributed by atoms with Crippen LogP contribution in [0.3, 0.4) is 0 Å². The smallest absolute Gasteiger partial charge is 0.308 e. The van der Waals surface area contributed by atoms with Crippen LogP contribution in [-0.4, -0.2) is 23.2 Å². The Morgan fingerprint density at radius 3 is 2.41 bits per heavy atom.